The largest absolute Gasteiger partial charge is 0.318 e. The summed E-state index contributed by atoms with van der Waals surface area (Å²) in [5, 5.41) is 19.6. The third-order valence-corrected chi connectivity index (χ3v) is 6.25. The Morgan fingerprint density at radius 3 is 2.52 bits per heavy atom. The van der Waals surface area contributed by atoms with Crippen molar-refractivity contribution in [1.82, 2.24) is 9.47 Å². The molecule has 2 amide bonds. The third kappa shape index (κ3) is 4.29. The van der Waals surface area contributed by atoms with Crippen LogP contribution in [0.1, 0.15) is 28.1 Å². The quantitative estimate of drug-likeness (QED) is 0.299. The van der Waals surface area contributed by atoms with Gasteiger partial charge in [0.05, 0.1) is 28.0 Å². The van der Waals surface area contributed by atoms with Crippen LogP contribution in [0, 0.1) is 35.3 Å². The van der Waals surface area contributed by atoms with Crippen LogP contribution in [0.2, 0.25) is 0 Å². The number of imide groups is 1. The van der Waals surface area contributed by atoms with Crippen molar-refractivity contribution >= 4 is 34.7 Å². The molecule has 1 aromatic heterocycles. The van der Waals surface area contributed by atoms with Crippen molar-refractivity contribution in [2.45, 2.75) is 20.4 Å². The molecule has 2 aromatic carbocycles. The maximum absolute atomic E-state index is 12.9. The highest BCUT2D eigenvalue weighted by molar-refractivity contribution is 8.18. The molecule has 0 bridgehead atoms. The van der Waals surface area contributed by atoms with E-state index >= 15 is 0 Å². The maximum atomic E-state index is 12.9. The summed E-state index contributed by atoms with van der Waals surface area (Å²) in [5.41, 5.74) is 4.51. The van der Waals surface area contributed by atoms with Gasteiger partial charge in [0.1, 0.15) is 0 Å². The van der Waals surface area contributed by atoms with E-state index in [-0.39, 0.29) is 12.2 Å². The fourth-order valence-corrected chi connectivity index (χ4v) is 4.57. The van der Waals surface area contributed by atoms with Crippen LogP contribution in [0.15, 0.2) is 59.5 Å². The molecule has 0 radical (unpaired) electrons. The normalized spacial score (nSPS) is 14.7. The summed E-state index contributed by atoms with van der Waals surface area (Å²) in [7, 11) is 0. The lowest BCUT2D eigenvalue weighted by Crippen LogP contribution is -2.27. The molecule has 3 aromatic rings. The van der Waals surface area contributed by atoms with Crippen molar-refractivity contribution in [3.63, 3.8) is 0 Å². The zero-order valence-electron chi connectivity index (χ0n) is 17.8. The van der Waals surface area contributed by atoms with Crippen LogP contribution in [-0.2, 0) is 11.3 Å². The standard InChI is InChI=1S/C24H18N4O4S/c1-15-10-19(16(2)27(15)20-8-6-17(13-25)7-9-20)12-22-23(29)26(24(30)33-22)14-18-4-3-5-21(11-18)28(31)32/h3-12H,14H2,1-2H3/b22-12+. The van der Waals surface area contributed by atoms with Crippen molar-refractivity contribution in [3.8, 4) is 11.8 Å². The minimum Gasteiger partial charge on any atom is -0.318 e. The number of thioether (sulfide) groups is 1. The summed E-state index contributed by atoms with van der Waals surface area (Å²) in [6.07, 6.45) is 1.70. The van der Waals surface area contributed by atoms with Gasteiger partial charge in [-0.25, -0.2) is 0 Å². The first-order valence-electron chi connectivity index (χ1n) is 9.96. The summed E-state index contributed by atoms with van der Waals surface area (Å²) < 4.78 is 2.01. The van der Waals surface area contributed by atoms with E-state index in [0.29, 0.717) is 16.0 Å². The summed E-state index contributed by atoms with van der Waals surface area (Å²) in [6.45, 7) is 3.83. The molecule has 164 valence electrons. The van der Waals surface area contributed by atoms with Gasteiger partial charge in [0.2, 0.25) is 0 Å². The van der Waals surface area contributed by atoms with Crippen LogP contribution in [0.25, 0.3) is 11.8 Å². The Labute approximate surface area is 193 Å². The number of non-ortho nitro benzene ring substituents is 1. The predicted molar refractivity (Wildman–Crippen MR) is 125 cm³/mol. The van der Waals surface area contributed by atoms with Crippen LogP contribution in [-0.4, -0.2) is 25.5 Å². The molecule has 0 aliphatic carbocycles. The fourth-order valence-electron chi connectivity index (χ4n) is 3.74. The summed E-state index contributed by atoms with van der Waals surface area (Å²) >= 11 is 0.850. The molecule has 1 fully saturated rings. The second-order valence-corrected chi connectivity index (χ2v) is 8.51. The lowest BCUT2D eigenvalue weighted by atomic mass is 10.2. The van der Waals surface area contributed by atoms with Crippen molar-refractivity contribution in [2.75, 3.05) is 0 Å². The predicted octanol–water partition coefficient (Wildman–Crippen LogP) is 5.11. The Morgan fingerprint density at radius 2 is 1.85 bits per heavy atom. The number of carbonyl (C=O) groups is 2. The van der Waals surface area contributed by atoms with E-state index in [4.69, 9.17) is 5.26 Å². The van der Waals surface area contributed by atoms with Crippen molar-refractivity contribution in [1.29, 1.82) is 5.26 Å². The van der Waals surface area contributed by atoms with E-state index in [9.17, 15) is 19.7 Å². The van der Waals surface area contributed by atoms with Gasteiger partial charge in [-0.2, -0.15) is 5.26 Å². The Bertz CT molecular complexity index is 1370. The SMILES string of the molecule is Cc1cc(/C=C2/SC(=O)N(Cc3cccc([N+](=O)[O-])c3)C2=O)c(C)n1-c1ccc(C#N)cc1. The van der Waals surface area contributed by atoms with Crippen molar-refractivity contribution in [3.05, 3.63) is 97.7 Å². The lowest BCUT2D eigenvalue weighted by Gasteiger charge is -2.12. The number of carbonyl (C=O) groups excluding carboxylic acids is 2. The Kier molecular flexibility index (Phi) is 5.85. The van der Waals surface area contributed by atoms with Gasteiger partial charge in [0, 0.05) is 29.2 Å². The average Bonchev–Trinajstić information content (AvgIpc) is 3.23. The number of nitrogens with zero attached hydrogens (tertiary/aromatic N) is 4. The van der Waals surface area contributed by atoms with Gasteiger partial charge in [0.25, 0.3) is 16.8 Å². The molecule has 33 heavy (non-hydrogen) atoms. The Morgan fingerprint density at radius 1 is 1.12 bits per heavy atom. The minimum absolute atomic E-state index is 0.0338. The topological polar surface area (TPSA) is 109 Å². The molecule has 0 atom stereocenters. The van der Waals surface area contributed by atoms with Gasteiger partial charge in [-0.3, -0.25) is 24.6 Å². The molecular weight excluding hydrogens is 440 g/mol. The zero-order valence-corrected chi connectivity index (χ0v) is 18.6. The Hall–Kier alpha value is -4.16. The van der Waals surface area contributed by atoms with E-state index in [1.807, 2.05) is 36.6 Å². The van der Waals surface area contributed by atoms with Gasteiger partial charge in [0.15, 0.2) is 0 Å². The van der Waals surface area contributed by atoms with Gasteiger partial charge in [-0.1, -0.05) is 12.1 Å². The number of rotatable bonds is 5. The van der Waals surface area contributed by atoms with Crippen LogP contribution in [0.3, 0.4) is 0 Å². The number of benzene rings is 2. The maximum Gasteiger partial charge on any atom is 0.293 e. The van der Waals surface area contributed by atoms with E-state index in [2.05, 4.69) is 6.07 Å². The highest BCUT2D eigenvalue weighted by Crippen LogP contribution is 2.35. The number of aromatic nitrogens is 1. The molecule has 1 aliphatic rings. The number of nitriles is 1. The average molecular weight is 458 g/mol. The molecule has 0 unspecified atom stereocenters. The third-order valence-electron chi connectivity index (χ3n) is 5.35. The monoisotopic (exact) mass is 458 g/mol. The molecule has 8 nitrogen and oxygen atoms in total. The highest BCUT2D eigenvalue weighted by Gasteiger charge is 2.35. The Balaban J connectivity index is 1.61. The number of nitro groups is 1. The van der Waals surface area contributed by atoms with Gasteiger partial charge in [-0.15, -0.1) is 0 Å². The number of nitro benzene ring substituents is 1. The summed E-state index contributed by atoms with van der Waals surface area (Å²) in [5.74, 6) is -0.431. The van der Waals surface area contributed by atoms with Crippen molar-refractivity contribution in [2.24, 2.45) is 0 Å². The van der Waals surface area contributed by atoms with Gasteiger partial charge >= 0.3 is 0 Å². The second-order valence-electron chi connectivity index (χ2n) is 7.52. The molecule has 0 saturated carbocycles. The number of hydrogen-bond acceptors (Lipinski definition) is 6. The number of hydrogen-bond donors (Lipinski definition) is 0. The fraction of sp³-hybridized carbons (Fsp3) is 0.125. The molecule has 4 rings (SSSR count). The van der Waals surface area contributed by atoms with Crippen LogP contribution >= 0.6 is 11.8 Å². The van der Waals surface area contributed by atoms with Gasteiger partial charge in [-0.05, 0) is 73.1 Å². The van der Waals surface area contributed by atoms with E-state index in [1.54, 1.807) is 24.3 Å². The first-order chi connectivity index (χ1) is 15.8. The lowest BCUT2D eigenvalue weighted by molar-refractivity contribution is -0.384. The minimum atomic E-state index is -0.513. The van der Waals surface area contributed by atoms with E-state index < -0.39 is 16.1 Å². The highest BCUT2D eigenvalue weighted by atomic mass is 32.2. The van der Waals surface area contributed by atoms with Crippen LogP contribution in [0.4, 0.5) is 10.5 Å². The summed E-state index contributed by atoms with van der Waals surface area (Å²) in [4.78, 5) is 37.3. The molecular formula is C24H18N4O4S. The summed E-state index contributed by atoms with van der Waals surface area (Å²) in [6, 6.07) is 17.1. The van der Waals surface area contributed by atoms with E-state index in [1.165, 1.54) is 18.2 Å². The first kappa shape index (κ1) is 22.0. The number of aryl methyl sites for hydroxylation is 1. The molecule has 0 N–H and O–H groups in total. The first-order valence-corrected chi connectivity index (χ1v) is 10.8. The molecule has 9 heteroatoms. The molecule has 1 aliphatic heterocycles. The van der Waals surface area contributed by atoms with Crippen molar-refractivity contribution < 1.29 is 14.5 Å². The van der Waals surface area contributed by atoms with Gasteiger partial charge < -0.3 is 4.57 Å². The molecule has 2 heterocycles. The van der Waals surface area contributed by atoms with E-state index in [0.717, 1.165) is 39.3 Å². The molecule has 0 spiro atoms. The molecule has 1 saturated heterocycles. The number of amides is 2. The zero-order chi connectivity index (χ0) is 23.7. The smallest absolute Gasteiger partial charge is 0.293 e. The second kappa shape index (κ2) is 8.76. The van der Waals surface area contributed by atoms with Crippen LogP contribution < -0.4 is 0 Å². The van der Waals surface area contributed by atoms with Crippen LogP contribution in [0.5, 0.6) is 0 Å².